The Kier molecular flexibility index (Phi) is 5.13. The second-order valence-electron chi connectivity index (χ2n) is 6.95. The summed E-state index contributed by atoms with van der Waals surface area (Å²) in [6, 6.07) is 5.02. The van der Waals surface area contributed by atoms with Crippen molar-refractivity contribution in [3.8, 4) is 0 Å². The molecule has 30 heavy (non-hydrogen) atoms. The first-order chi connectivity index (χ1) is 14.2. The number of aromatic nitrogens is 2. The minimum atomic E-state index is -1.24. The molecular weight excluding hydrogens is 441 g/mol. The molecular formula is C19H14Cl2F2N4O3. The van der Waals surface area contributed by atoms with Crippen LogP contribution < -0.4 is 16.2 Å². The number of nitrogens with one attached hydrogen (secondary N) is 2. The molecule has 0 spiro atoms. The molecule has 2 aromatic carbocycles. The highest BCUT2D eigenvalue weighted by Gasteiger charge is 2.43. The van der Waals surface area contributed by atoms with Gasteiger partial charge >= 0.3 is 5.97 Å². The van der Waals surface area contributed by atoms with E-state index in [0.29, 0.717) is 0 Å². The molecule has 11 heteroatoms. The zero-order valence-electron chi connectivity index (χ0n) is 15.2. The zero-order chi connectivity index (χ0) is 21.6. The average molecular weight is 455 g/mol. The number of hydrogen-bond donors (Lipinski definition) is 3. The van der Waals surface area contributed by atoms with Crippen LogP contribution in [-0.2, 0) is 16.9 Å². The molecule has 1 aromatic heterocycles. The maximum absolute atomic E-state index is 14.6. The van der Waals surface area contributed by atoms with Crippen molar-refractivity contribution in [3.63, 3.8) is 0 Å². The number of carbonyl (C=O) groups is 1. The Balaban J connectivity index is 1.82. The molecule has 0 amide bonds. The number of halogens is 4. The lowest BCUT2D eigenvalue weighted by Gasteiger charge is -2.45. The molecule has 0 saturated carbocycles. The molecule has 7 nitrogen and oxygen atoms in total. The fourth-order valence-corrected chi connectivity index (χ4v) is 3.99. The van der Waals surface area contributed by atoms with Gasteiger partial charge in [-0.25, -0.2) is 13.8 Å². The minimum absolute atomic E-state index is 0.0393. The van der Waals surface area contributed by atoms with Gasteiger partial charge in [-0.1, -0.05) is 23.2 Å². The maximum Gasteiger partial charge on any atom is 0.323 e. The average Bonchev–Trinajstić information content (AvgIpc) is 2.65. The standard InChI is InChI=1S/C19H14Cl2F2N4O3/c20-11-1-2-12(22)15(16(11)21)19(6-24-7-19)26-9-3-10-17(13(23)4-9)25-8-27(18(10)30)5-14(28)29/h1-4,8,24,26H,5-7H2,(H,28,29). The van der Waals surface area contributed by atoms with Crippen LogP contribution in [0.5, 0.6) is 0 Å². The number of carboxylic acids is 1. The number of hydrogen-bond acceptors (Lipinski definition) is 5. The molecule has 3 aromatic rings. The third-order valence-electron chi connectivity index (χ3n) is 4.95. The van der Waals surface area contributed by atoms with E-state index in [9.17, 15) is 18.4 Å². The summed E-state index contributed by atoms with van der Waals surface area (Å²) in [5.74, 6) is -2.60. The Morgan fingerprint density at radius 2 is 2.00 bits per heavy atom. The predicted molar refractivity (Wildman–Crippen MR) is 108 cm³/mol. The van der Waals surface area contributed by atoms with E-state index in [2.05, 4.69) is 15.6 Å². The highest BCUT2D eigenvalue weighted by molar-refractivity contribution is 6.42. The summed E-state index contributed by atoms with van der Waals surface area (Å²) in [6.07, 6.45) is 0.980. The van der Waals surface area contributed by atoms with E-state index in [1.165, 1.54) is 18.2 Å². The minimum Gasteiger partial charge on any atom is -0.480 e. The van der Waals surface area contributed by atoms with Crippen molar-refractivity contribution >= 4 is 45.8 Å². The second kappa shape index (κ2) is 7.50. The normalized spacial score (nSPS) is 15.1. The van der Waals surface area contributed by atoms with Crippen LogP contribution in [0.4, 0.5) is 14.5 Å². The molecule has 0 atom stereocenters. The summed E-state index contributed by atoms with van der Waals surface area (Å²) in [6.45, 7) is -0.0575. The number of anilines is 1. The van der Waals surface area contributed by atoms with Gasteiger partial charge in [0.15, 0.2) is 5.82 Å². The van der Waals surface area contributed by atoms with Crippen molar-refractivity contribution in [2.75, 3.05) is 18.4 Å². The van der Waals surface area contributed by atoms with E-state index in [1.54, 1.807) is 0 Å². The molecule has 1 saturated heterocycles. The van der Waals surface area contributed by atoms with Crippen molar-refractivity contribution in [1.29, 1.82) is 0 Å². The first kappa shape index (κ1) is 20.5. The van der Waals surface area contributed by atoms with E-state index in [4.69, 9.17) is 28.3 Å². The van der Waals surface area contributed by atoms with Crippen LogP contribution in [0.25, 0.3) is 10.9 Å². The highest BCUT2D eigenvalue weighted by Crippen LogP contribution is 2.40. The summed E-state index contributed by atoms with van der Waals surface area (Å²) < 4.78 is 30.1. The van der Waals surface area contributed by atoms with Crippen LogP contribution >= 0.6 is 23.2 Å². The van der Waals surface area contributed by atoms with Crippen molar-refractivity contribution in [2.24, 2.45) is 0 Å². The van der Waals surface area contributed by atoms with Crippen LogP contribution in [-0.4, -0.2) is 33.7 Å². The van der Waals surface area contributed by atoms with E-state index in [1.807, 2.05) is 0 Å². The Hall–Kier alpha value is -2.75. The number of benzene rings is 2. The van der Waals surface area contributed by atoms with E-state index >= 15 is 0 Å². The molecule has 156 valence electrons. The lowest BCUT2D eigenvalue weighted by Crippen LogP contribution is -2.62. The maximum atomic E-state index is 14.6. The lowest BCUT2D eigenvalue weighted by atomic mass is 9.83. The third-order valence-corrected chi connectivity index (χ3v) is 5.75. The van der Waals surface area contributed by atoms with Gasteiger partial charge in [-0.05, 0) is 24.3 Å². The van der Waals surface area contributed by atoms with Gasteiger partial charge in [-0.15, -0.1) is 0 Å². The molecule has 0 bridgehead atoms. The van der Waals surface area contributed by atoms with Crippen molar-refractivity contribution in [2.45, 2.75) is 12.1 Å². The molecule has 0 unspecified atom stereocenters. The first-order valence-corrected chi connectivity index (χ1v) is 9.51. The quantitative estimate of drug-likeness (QED) is 0.512. The predicted octanol–water partition coefficient (Wildman–Crippen LogP) is 2.98. The molecule has 1 fully saturated rings. The lowest BCUT2D eigenvalue weighted by molar-refractivity contribution is -0.137. The van der Waals surface area contributed by atoms with Gasteiger partial charge in [-0.3, -0.25) is 14.2 Å². The molecule has 2 heterocycles. The van der Waals surface area contributed by atoms with Gasteiger partial charge < -0.3 is 15.7 Å². The van der Waals surface area contributed by atoms with Crippen molar-refractivity contribution < 1.29 is 18.7 Å². The smallest absolute Gasteiger partial charge is 0.323 e. The Bertz CT molecular complexity index is 1240. The third kappa shape index (κ3) is 3.38. The Labute approximate surface area is 178 Å². The van der Waals surface area contributed by atoms with Crippen LogP contribution in [0.15, 0.2) is 35.4 Å². The fraction of sp³-hybridized carbons (Fsp3) is 0.211. The van der Waals surface area contributed by atoms with Gasteiger partial charge in [0.1, 0.15) is 17.9 Å². The Morgan fingerprint density at radius 1 is 1.27 bits per heavy atom. The SMILES string of the molecule is O=C(O)Cn1cnc2c(F)cc(NC3(c4c(F)ccc(Cl)c4Cl)CNC3)cc2c1=O. The zero-order valence-corrected chi connectivity index (χ0v) is 16.7. The topological polar surface area (TPSA) is 96.2 Å². The Morgan fingerprint density at radius 3 is 2.63 bits per heavy atom. The number of rotatable bonds is 5. The molecule has 0 radical (unpaired) electrons. The number of aliphatic carboxylic acids is 1. The number of fused-ring (bicyclic) bond motifs is 1. The van der Waals surface area contributed by atoms with E-state index in [-0.39, 0.29) is 45.3 Å². The summed E-state index contributed by atoms with van der Waals surface area (Å²) in [7, 11) is 0. The van der Waals surface area contributed by atoms with Crippen molar-refractivity contribution in [1.82, 2.24) is 14.9 Å². The molecule has 1 aliphatic heterocycles. The molecule has 0 aliphatic carbocycles. The first-order valence-electron chi connectivity index (χ1n) is 8.75. The van der Waals surface area contributed by atoms with Crippen LogP contribution in [0.2, 0.25) is 10.0 Å². The second-order valence-corrected chi connectivity index (χ2v) is 7.74. The van der Waals surface area contributed by atoms with E-state index < -0.39 is 35.2 Å². The van der Waals surface area contributed by atoms with Crippen molar-refractivity contribution in [3.05, 3.63) is 68.2 Å². The van der Waals surface area contributed by atoms with Gasteiger partial charge in [0.05, 0.1) is 27.3 Å². The van der Waals surface area contributed by atoms with E-state index in [0.717, 1.165) is 17.0 Å². The van der Waals surface area contributed by atoms with Gasteiger partial charge in [0.25, 0.3) is 5.56 Å². The largest absolute Gasteiger partial charge is 0.480 e. The van der Waals surface area contributed by atoms with Gasteiger partial charge in [-0.2, -0.15) is 0 Å². The summed E-state index contributed by atoms with van der Waals surface area (Å²) in [5, 5.41) is 15.1. The summed E-state index contributed by atoms with van der Waals surface area (Å²) in [5.41, 5.74) is -1.61. The molecule has 3 N–H and O–H groups in total. The highest BCUT2D eigenvalue weighted by atomic mass is 35.5. The number of carboxylic acid groups (broad SMARTS) is 1. The summed E-state index contributed by atoms with van der Waals surface area (Å²) in [4.78, 5) is 27.4. The monoisotopic (exact) mass is 454 g/mol. The summed E-state index contributed by atoms with van der Waals surface area (Å²) >= 11 is 12.3. The number of nitrogens with zero attached hydrogens (tertiary/aromatic N) is 2. The van der Waals surface area contributed by atoms with Gasteiger partial charge in [0.2, 0.25) is 0 Å². The molecule has 1 aliphatic rings. The fourth-order valence-electron chi connectivity index (χ4n) is 3.50. The van der Waals surface area contributed by atoms with Gasteiger partial charge in [0, 0.05) is 24.3 Å². The van der Waals surface area contributed by atoms with Crippen LogP contribution in [0, 0.1) is 11.6 Å². The molecule has 4 rings (SSSR count). The van der Waals surface area contributed by atoms with Crippen LogP contribution in [0.3, 0.4) is 0 Å². The van der Waals surface area contributed by atoms with Crippen LogP contribution in [0.1, 0.15) is 5.56 Å².